The SMILES string of the molecule is Cn1cc(C2CCCN2C(=O)c2ccc(N)cc2)cn1. The van der Waals surface area contributed by atoms with E-state index < -0.39 is 0 Å². The van der Waals surface area contributed by atoms with Crippen LogP contribution in [0, 0.1) is 0 Å². The van der Waals surface area contributed by atoms with E-state index in [-0.39, 0.29) is 11.9 Å². The van der Waals surface area contributed by atoms with Gasteiger partial charge in [-0.05, 0) is 37.1 Å². The Morgan fingerprint density at radius 1 is 1.35 bits per heavy atom. The van der Waals surface area contributed by atoms with E-state index in [1.165, 1.54) is 0 Å². The normalized spacial score (nSPS) is 18.4. The molecule has 0 saturated carbocycles. The fourth-order valence-corrected chi connectivity index (χ4v) is 2.76. The number of nitrogens with zero attached hydrogens (tertiary/aromatic N) is 3. The summed E-state index contributed by atoms with van der Waals surface area (Å²) < 4.78 is 1.78. The molecule has 1 unspecified atom stereocenters. The van der Waals surface area contributed by atoms with Crippen molar-refractivity contribution in [3.8, 4) is 0 Å². The number of benzene rings is 1. The van der Waals surface area contributed by atoms with E-state index in [9.17, 15) is 4.79 Å². The molecule has 1 aliphatic rings. The highest BCUT2D eigenvalue weighted by atomic mass is 16.2. The highest BCUT2D eigenvalue weighted by Gasteiger charge is 2.31. The molecule has 3 rings (SSSR count). The number of amides is 1. The van der Waals surface area contributed by atoms with Crippen molar-refractivity contribution < 1.29 is 4.79 Å². The van der Waals surface area contributed by atoms with Gasteiger partial charge >= 0.3 is 0 Å². The zero-order valence-corrected chi connectivity index (χ0v) is 11.5. The maximum atomic E-state index is 12.6. The summed E-state index contributed by atoms with van der Waals surface area (Å²) in [7, 11) is 1.89. The Kier molecular flexibility index (Phi) is 3.18. The van der Waals surface area contributed by atoms with Crippen LogP contribution in [0.25, 0.3) is 0 Å². The van der Waals surface area contributed by atoms with Gasteiger partial charge in [0.1, 0.15) is 0 Å². The fraction of sp³-hybridized carbons (Fsp3) is 0.333. The summed E-state index contributed by atoms with van der Waals surface area (Å²) in [5, 5.41) is 4.20. The van der Waals surface area contributed by atoms with Gasteiger partial charge in [0.25, 0.3) is 5.91 Å². The molecule has 0 aliphatic carbocycles. The number of rotatable bonds is 2. The van der Waals surface area contributed by atoms with E-state index in [0.717, 1.165) is 24.9 Å². The molecule has 2 aromatic rings. The number of hydrogen-bond donors (Lipinski definition) is 1. The first-order chi connectivity index (χ1) is 9.65. The third-order valence-corrected chi connectivity index (χ3v) is 3.78. The summed E-state index contributed by atoms with van der Waals surface area (Å²) in [4.78, 5) is 14.5. The number of nitrogen functional groups attached to an aromatic ring is 1. The summed E-state index contributed by atoms with van der Waals surface area (Å²) in [6.07, 6.45) is 5.85. The number of likely N-dealkylation sites (tertiary alicyclic amines) is 1. The first-order valence-corrected chi connectivity index (χ1v) is 6.80. The van der Waals surface area contributed by atoms with Gasteiger partial charge in [-0.3, -0.25) is 9.48 Å². The zero-order chi connectivity index (χ0) is 14.1. The van der Waals surface area contributed by atoms with Gasteiger partial charge in [0.2, 0.25) is 0 Å². The average molecular weight is 270 g/mol. The lowest BCUT2D eigenvalue weighted by Crippen LogP contribution is -2.30. The second-order valence-corrected chi connectivity index (χ2v) is 5.23. The summed E-state index contributed by atoms with van der Waals surface area (Å²) in [6, 6.07) is 7.24. The lowest BCUT2D eigenvalue weighted by atomic mass is 10.1. The Bertz CT molecular complexity index is 617. The van der Waals surface area contributed by atoms with Gasteiger partial charge < -0.3 is 10.6 Å². The minimum Gasteiger partial charge on any atom is -0.399 e. The van der Waals surface area contributed by atoms with Crippen molar-refractivity contribution in [2.24, 2.45) is 7.05 Å². The number of nitrogens with two attached hydrogens (primary N) is 1. The van der Waals surface area contributed by atoms with Crippen molar-refractivity contribution >= 4 is 11.6 Å². The average Bonchev–Trinajstić information content (AvgIpc) is 3.07. The zero-order valence-electron chi connectivity index (χ0n) is 11.5. The summed E-state index contributed by atoms with van der Waals surface area (Å²) in [6.45, 7) is 0.794. The maximum Gasteiger partial charge on any atom is 0.254 e. The maximum absolute atomic E-state index is 12.6. The van der Waals surface area contributed by atoms with Gasteiger partial charge in [-0.15, -0.1) is 0 Å². The van der Waals surface area contributed by atoms with Crippen LogP contribution in [0.1, 0.15) is 34.8 Å². The van der Waals surface area contributed by atoms with Crippen LogP contribution < -0.4 is 5.73 Å². The Morgan fingerprint density at radius 3 is 2.75 bits per heavy atom. The topological polar surface area (TPSA) is 64.2 Å². The molecule has 0 spiro atoms. The molecule has 1 aromatic heterocycles. The third kappa shape index (κ3) is 2.27. The van der Waals surface area contributed by atoms with Crippen LogP contribution >= 0.6 is 0 Å². The summed E-state index contributed by atoms with van der Waals surface area (Å²) in [5.74, 6) is 0.0661. The van der Waals surface area contributed by atoms with Gasteiger partial charge in [0.15, 0.2) is 0 Å². The number of hydrogen-bond acceptors (Lipinski definition) is 3. The molecule has 1 atom stereocenters. The van der Waals surface area contributed by atoms with Crippen molar-refractivity contribution in [2.45, 2.75) is 18.9 Å². The molecule has 0 radical (unpaired) electrons. The van der Waals surface area contributed by atoms with Gasteiger partial charge in [-0.2, -0.15) is 5.10 Å². The third-order valence-electron chi connectivity index (χ3n) is 3.78. The van der Waals surface area contributed by atoms with E-state index >= 15 is 0 Å². The molecule has 1 fully saturated rings. The summed E-state index contributed by atoms with van der Waals surface area (Å²) >= 11 is 0. The number of aryl methyl sites for hydroxylation is 1. The minimum absolute atomic E-state index is 0.0661. The number of carbonyl (C=O) groups excluding carboxylic acids is 1. The van der Waals surface area contributed by atoms with Gasteiger partial charge in [-0.25, -0.2) is 0 Å². The standard InChI is InChI=1S/C15H18N4O/c1-18-10-12(9-17-18)14-3-2-8-19(14)15(20)11-4-6-13(16)7-5-11/h4-7,9-10,14H,2-3,8,16H2,1H3. The van der Waals surface area contributed by atoms with Crippen molar-refractivity contribution in [3.63, 3.8) is 0 Å². The minimum atomic E-state index is 0.0661. The van der Waals surface area contributed by atoms with E-state index in [2.05, 4.69) is 5.10 Å². The van der Waals surface area contributed by atoms with Gasteiger partial charge in [-0.1, -0.05) is 0 Å². The molecule has 1 saturated heterocycles. The van der Waals surface area contributed by atoms with E-state index in [1.54, 1.807) is 28.9 Å². The fourth-order valence-electron chi connectivity index (χ4n) is 2.76. The van der Waals surface area contributed by atoms with E-state index in [4.69, 9.17) is 5.73 Å². The molecular formula is C15H18N4O. The highest BCUT2D eigenvalue weighted by molar-refractivity contribution is 5.95. The lowest BCUT2D eigenvalue weighted by Gasteiger charge is -2.24. The number of anilines is 1. The summed E-state index contributed by atoms with van der Waals surface area (Å²) in [5.41, 5.74) is 8.13. The molecule has 1 amide bonds. The first-order valence-electron chi connectivity index (χ1n) is 6.80. The van der Waals surface area contributed by atoms with Crippen LogP contribution in [0.5, 0.6) is 0 Å². The van der Waals surface area contributed by atoms with Gasteiger partial charge in [0.05, 0.1) is 12.2 Å². The Balaban J connectivity index is 1.85. The number of aromatic nitrogens is 2. The van der Waals surface area contributed by atoms with Crippen molar-refractivity contribution in [1.29, 1.82) is 0 Å². The van der Waals surface area contributed by atoms with Gasteiger partial charge in [0, 0.05) is 36.6 Å². The quantitative estimate of drug-likeness (QED) is 0.849. The molecule has 20 heavy (non-hydrogen) atoms. The molecule has 104 valence electrons. The van der Waals surface area contributed by atoms with Crippen LogP contribution in [0.15, 0.2) is 36.7 Å². The predicted molar refractivity (Wildman–Crippen MR) is 77.1 cm³/mol. The Morgan fingerprint density at radius 2 is 2.10 bits per heavy atom. The molecule has 1 aliphatic heterocycles. The van der Waals surface area contributed by atoms with Crippen LogP contribution in [0.2, 0.25) is 0 Å². The van der Waals surface area contributed by atoms with Crippen molar-refractivity contribution in [2.75, 3.05) is 12.3 Å². The van der Waals surface area contributed by atoms with Crippen LogP contribution in [0.3, 0.4) is 0 Å². The van der Waals surface area contributed by atoms with Crippen molar-refractivity contribution in [3.05, 3.63) is 47.8 Å². The molecule has 1 aromatic carbocycles. The largest absolute Gasteiger partial charge is 0.399 e. The molecule has 0 bridgehead atoms. The number of carbonyl (C=O) groups is 1. The Hall–Kier alpha value is -2.30. The molecule has 5 heteroatoms. The molecular weight excluding hydrogens is 252 g/mol. The first kappa shape index (κ1) is 12.7. The van der Waals surface area contributed by atoms with Crippen LogP contribution in [-0.2, 0) is 7.05 Å². The molecule has 2 heterocycles. The molecule has 5 nitrogen and oxygen atoms in total. The molecule has 2 N–H and O–H groups in total. The Labute approximate surface area is 118 Å². The highest BCUT2D eigenvalue weighted by Crippen LogP contribution is 2.32. The van der Waals surface area contributed by atoms with Crippen molar-refractivity contribution in [1.82, 2.24) is 14.7 Å². The lowest BCUT2D eigenvalue weighted by molar-refractivity contribution is 0.0735. The second-order valence-electron chi connectivity index (χ2n) is 5.23. The predicted octanol–water partition coefficient (Wildman–Crippen LogP) is 1.98. The van der Waals surface area contributed by atoms with Crippen LogP contribution in [-0.4, -0.2) is 27.1 Å². The second kappa shape index (κ2) is 5.00. The monoisotopic (exact) mass is 270 g/mol. The van der Waals surface area contributed by atoms with Crippen LogP contribution in [0.4, 0.5) is 5.69 Å². The van der Waals surface area contributed by atoms with E-state index in [1.807, 2.05) is 24.3 Å². The van der Waals surface area contributed by atoms with E-state index in [0.29, 0.717) is 11.3 Å². The smallest absolute Gasteiger partial charge is 0.254 e.